The van der Waals surface area contributed by atoms with Gasteiger partial charge in [0.2, 0.25) is 0 Å². The molecule has 0 aliphatic heterocycles. The Bertz CT molecular complexity index is 881. The van der Waals surface area contributed by atoms with Crippen molar-refractivity contribution in [3.63, 3.8) is 0 Å². The molecule has 1 aromatic rings. The molecule has 2 atom stereocenters. The average Bonchev–Trinajstić information content (AvgIpc) is 2.72. The van der Waals surface area contributed by atoms with Crippen LogP contribution in [0.5, 0.6) is 0 Å². The first kappa shape index (κ1) is 30.2. The van der Waals surface area contributed by atoms with Crippen molar-refractivity contribution in [2.24, 2.45) is 0 Å². The van der Waals surface area contributed by atoms with E-state index in [1.54, 1.807) is 32.6 Å². The van der Waals surface area contributed by atoms with Crippen LogP contribution in [0.4, 0.5) is 0 Å². The molecule has 0 radical (unpaired) electrons. The van der Waals surface area contributed by atoms with Gasteiger partial charge in [-0.3, -0.25) is 19.9 Å². The minimum Gasteiger partial charge on any atom is -0.459 e. The van der Waals surface area contributed by atoms with Crippen LogP contribution in [0.15, 0.2) is 18.3 Å². The van der Waals surface area contributed by atoms with Gasteiger partial charge in [0.05, 0.1) is 11.3 Å². The first-order valence-electron chi connectivity index (χ1n) is 11.8. The summed E-state index contributed by atoms with van der Waals surface area (Å²) in [7, 11) is 3.82. The van der Waals surface area contributed by atoms with Gasteiger partial charge < -0.3 is 19.3 Å². The van der Waals surface area contributed by atoms with Crippen LogP contribution in [-0.4, -0.2) is 89.9 Å². The number of esters is 2. The van der Waals surface area contributed by atoms with Crippen LogP contribution in [0.1, 0.15) is 64.0 Å². The zero-order valence-electron chi connectivity index (χ0n) is 22.2. The molecule has 0 aromatic carbocycles. The number of aromatic nitrogens is 1. The lowest BCUT2D eigenvalue weighted by molar-refractivity contribution is -0.161. The average molecular weight is 493 g/mol. The molecular weight excluding hydrogens is 452 g/mol. The number of ketones is 1. The molecule has 0 aliphatic rings. The highest BCUT2D eigenvalue weighted by molar-refractivity contribution is 6.02. The van der Waals surface area contributed by atoms with E-state index < -0.39 is 35.6 Å². The maximum Gasteiger partial charge on any atom is 0.338 e. The van der Waals surface area contributed by atoms with E-state index in [9.17, 15) is 19.2 Å². The third-order valence-electron chi connectivity index (χ3n) is 4.82. The fraction of sp³-hybridized carbons (Fsp3) is 0.640. The van der Waals surface area contributed by atoms with Crippen molar-refractivity contribution in [1.82, 2.24) is 20.1 Å². The Morgan fingerprint density at radius 2 is 1.80 bits per heavy atom. The molecule has 1 aromatic heterocycles. The van der Waals surface area contributed by atoms with E-state index in [2.05, 4.69) is 10.3 Å². The Hall–Kier alpha value is -2.85. The van der Waals surface area contributed by atoms with Gasteiger partial charge in [-0.2, -0.15) is 0 Å². The quantitative estimate of drug-likeness (QED) is 0.325. The van der Waals surface area contributed by atoms with Crippen LogP contribution < -0.4 is 5.32 Å². The van der Waals surface area contributed by atoms with E-state index in [1.165, 1.54) is 25.3 Å². The van der Waals surface area contributed by atoms with Crippen molar-refractivity contribution in [2.45, 2.75) is 72.3 Å². The third kappa shape index (κ3) is 11.4. The van der Waals surface area contributed by atoms with Crippen molar-refractivity contribution in [1.29, 1.82) is 0 Å². The molecule has 196 valence electrons. The number of amides is 1. The van der Waals surface area contributed by atoms with Crippen LogP contribution in [0.2, 0.25) is 0 Å². The molecule has 1 rings (SSSR count). The maximum absolute atomic E-state index is 13.2. The smallest absolute Gasteiger partial charge is 0.338 e. The van der Waals surface area contributed by atoms with Crippen LogP contribution in [0.3, 0.4) is 0 Å². The number of rotatable bonds is 13. The number of pyridine rings is 1. The van der Waals surface area contributed by atoms with Crippen molar-refractivity contribution < 1.29 is 28.7 Å². The van der Waals surface area contributed by atoms with Gasteiger partial charge in [0.25, 0.3) is 5.91 Å². The standard InChI is InChI=1S/C25H40N4O6/c1-9-29(13-12-28(7)8)22(31)21(24(33)35-25(4,5)6)27-16-20-15-19(10-11-26-20)23(32)34-18(3)14-17(2)30/h10-11,15,18,21,27H,9,12-14,16H2,1-8H3. The van der Waals surface area contributed by atoms with Gasteiger partial charge in [-0.05, 0) is 67.8 Å². The second-order valence-corrected chi connectivity index (χ2v) is 9.73. The molecule has 0 bridgehead atoms. The number of nitrogens with zero attached hydrogens (tertiary/aromatic N) is 3. The molecule has 2 unspecified atom stereocenters. The maximum atomic E-state index is 13.2. The minimum absolute atomic E-state index is 0.0466. The Balaban J connectivity index is 3.01. The predicted molar refractivity (Wildman–Crippen MR) is 132 cm³/mol. The number of carbonyl (C=O) groups excluding carboxylic acids is 4. The topological polar surface area (TPSA) is 118 Å². The van der Waals surface area contributed by atoms with Gasteiger partial charge in [-0.15, -0.1) is 0 Å². The molecule has 35 heavy (non-hydrogen) atoms. The number of carbonyl (C=O) groups is 4. The summed E-state index contributed by atoms with van der Waals surface area (Å²) in [6, 6.07) is 1.79. The number of likely N-dealkylation sites (N-methyl/N-ethyl adjacent to an activating group) is 2. The summed E-state index contributed by atoms with van der Waals surface area (Å²) in [5.74, 6) is -1.73. The van der Waals surface area contributed by atoms with E-state index in [1.807, 2.05) is 25.9 Å². The van der Waals surface area contributed by atoms with Crippen LogP contribution in [-0.2, 0) is 30.4 Å². The number of hydrogen-bond acceptors (Lipinski definition) is 9. The van der Waals surface area contributed by atoms with Crippen molar-refractivity contribution in [3.05, 3.63) is 29.6 Å². The van der Waals surface area contributed by atoms with E-state index >= 15 is 0 Å². The zero-order chi connectivity index (χ0) is 26.8. The number of ether oxygens (including phenoxy) is 2. The van der Waals surface area contributed by atoms with E-state index in [0.29, 0.717) is 25.3 Å². The molecule has 0 saturated heterocycles. The monoisotopic (exact) mass is 492 g/mol. The van der Waals surface area contributed by atoms with Crippen molar-refractivity contribution in [2.75, 3.05) is 33.7 Å². The fourth-order valence-corrected chi connectivity index (χ4v) is 3.17. The van der Waals surface area contributed by atoms with E-state index in [0.717, 1.165) is 0 Å². The lowest BCUT2D eigenvalue weighted by atomic mass is 10.1. The van der Waals surface area contributed by atoms with Gasteiger partial charge in [-0.1, -0.05) is 0 Å². The Morgan fingerprint density at radius 3 is 2.34 bits per heavy atom. The van der Waals surface area contributed by atoms with Gasteiger partial charge >= 0.3 is 11.9 Å². The highest BCUT2D eigenvalue weighted by atomic mass is 16.6. The van der Waals surface area contributed by atoms with Crippen molar-refractivity contribution in [3.8, 4) is 0 Å². The van der Waals surface area contributed by atoms with E-state index in [-0.39, 0.29) is 24.3 Å². The highest BCUT2D eigenvalue weighted by Gasteiger charge is 2.33. The van der Waals surface area contributed by atoms with Crippen LogP contribution in [0, 0.1) is 0 Å². The van der Waals surface area contributed by atoms with Gasteiger partial charge in [0, 0.05) is 38.8 Å². The number of hydrogen-bond donors (Lipinski definition) is 1. The second kappa shape index (κ2) is 13.9. The van der Waals surface area contributed by atoms with Gasteiger partial charge in [0.15, 0.2) is 6.04 Å². The summed E-state index contributed by atoms with van der Waals surface area (Å²) in [6.45, 7) is 11.7. The van der Waals surface area contributed by atoms with Crippen LogP contribution in [0.25, 0.3) is 0 Å². The molecule has 10 heteroatoms. The largest absolute Gasteiger partial charge is 0.459 e. The lowest BCUT2D eigenvalue weighted by Gasteiger charge is -2.29. The summed E-state index contributed by atoms with van der Waals surface area (Å²) >= 11 is 0. The van der Waals surface area contributed by atoms with E-state index in [4.69, 9.17) is 9.47 Å². The SMILES string of the molecule is CCN(CCN(C)C)C(=O)C(NCc1cc(C(=O)OC(C)CC(C)=O)ccn1)C(=O)OC(C)(C)C. The number of Topliss-reactive ketones (excluding diaryl/α,β-unsaturated/α-hetero) is 1. The lowest BCUT2D eigenvalue weighted by Crippen LogP contribution is -2.53. The summed E-state index contributed by atoms with van der Waals surface area (Å²) in [6.07, 6.45) is 1.03. The van der Waals surface area contributed by atoms with Crippen molar-refractivity contribution >= 4 is 23.6 Å². The predicted octanol–water partition coefficient (Wildman–Crippen LogP) is 1.82. The normalized spacial score (nSPS) is 13.2. The first-order chi connectivity index (χ1) is 16.2. The minimum atomic E-state index is -1.23. The molecule has 0 fully saturated rings. The summed E-state index contributed by atoms with van der Waals surface area (Å²) < 4.78 is 10.8. The molecule has 1 heterocycles. The Kier molecular flexibility index (Phi) is 12.0. The fourth-order valence-electron chi connectivity index (χ4n) is 3.17. The van der Waals surface area contributed by atoms with Crippen LogP contribution >= 0.6 is 0 Å². The molecule has 1 amide bonds. The summed E-state index contributed by atoms with van der Waals surface area (Å²) in [5, 5.41) is 2.96. The van der Waals surface area contributed by atoms with Gasteiger partial charge in [-0.25, -0.2) is 9.59 Å². The Morgan fingerprint density at radius 1 is 1.14 bits per heavy atom. The molecule has 0 spiro atoms. The number of nitrogens with one attached hydrogen (secondary N) is 1. The molecule has 10 nitrogen and oxygen atoms in total. The zero-order valence-corrected chi connectivity index (χ0v) is 22.2. The molecule has 0 aliphatic carbocycles. The molecule has 1 N–H and O–H groups in total. The summed E-state index contributed by atoms with van der Waals surface area (Å²) in [5.41, 5.74) is -0.0684. The summed E-state index contributed by atoms with van der Waals surface area (Å²) in [4.78, 5) is 57.6. The molecular formula is C25H40N4O6. The molecule has 0 saturated carbocycles. The third-order valence-corrected chi connectivity index (χ3v) is 4.82. The first-order valence-corrected chi connectivity index (χ1v) is 11.8. The highest BCUT2D eigenvalue weighted by Crippen LogP contribution is 2.12. The Labute approximate surface area is 208 Å². The second-order valence-electron chi connectivity index (χ2n) is 9.73. The van der Waals surface area contributed by atoms with Gasteiger partial charge in [0.1, 0.15) is 17.5 Å².